The molecule has 3 aromatic rings. The van der Waals surface area contributed by atoms with Crippen LogP contribution < -0.4 is 5.43 Å². The van der Waals surface area contributed by atoms with Crippen LogP contribution in [0.2, 0.25) is 0 Å². The maximum Gasteiger partial charge on any atom is 0.281 e. The Morgan fingerprint density at radius 2 is 1.81 bits per heavy atom. The summed E-state index contributed by atoms with van der Waals surface area (Å²) < 4.78 is 13.0. The Bertz CT molecular complexity index is 981. The van der Waals surface area contributed by atoms with E-state index in [1.807, 2.05) is 0 Å². The Hall–Kier alpha value is -3.19. The van der Waals surface area contributed by atoms with Crippen molar-refractivity contribution in [3.05, 3.63) is 70.9 Å². The largest absolute Gasteiger partial charge is 0.508 e. The maximum atomic E-state index is 13.0. The molecule has 3 N–H and O–H groups in total. The average molecular weight is 370 g/mol. The molecule has 1 heterocycles. The summed E-state index contributed by atoms with van der Waals surface area (Å²) in [6.45, 7) is 1.63. The van der Waals surface area contributed by atoms with E-state index in [1.54, 1.807) is 31.2 Å². The molecule has 3 rings (SSSR count). The Morgan fingerprint density at radius 3 is 2.50 bits per heavy atom. The minimum Gasteiger partial charge on any atom is -0.508 e. The fourth-order valence-electron chi connectivity index (χ4n) is 2.31. The van der Waals surface area contributed by atoms with Crippen molar-refractivity contribution in [2.45, 2.75) is 6.92 Å². The smallest absolute Gasteiger partial charge is 0.281 e. The van der Waals surface area contributed by atoms with Crippen molar-refractivity contribution in [1.82, 2.24) is 5.43 Å². The Balaban J connectivity index is 1.73. The Kier molecular flexibility index (Phi) is 4.99. The lowest BCUT2D eigenvalue weighted by molar-refractivity contribution is 0.0959. The first-order chi connectivity index (χ1) is 12.4. The van der Waals surface area contributed by atoms with E-state index in [0.717, 1.165) is 10.4 Å². The Morgan fingerprint density at radius 1 is 1.08 bits per heavy atom. The molecule has 0 bridgehead atoms. The minimum absolute atomic E-state index is 0.0602. The highest BCUT2D eigenvalue weighted by Gasteiger charge is 2.11. The van der Waals surface area contributed by atoms with Crippen LogP contribution in [0.5, 0.6) is 11.5 Å². The van der Waals surface area contributed by atoms with Crippen molar-refractivity contribution in [3.8, 4) is 21.9 Å². The summed E-state index contributed by atoms with van der Waals surface area (Å²) in [6.07, 6.45) is 0. The predicted octanol–water partition coefficient (Wildman–Crippen LogP) is 4.12. The number of nitrogens with one attached hydrogen (secondary N) is 1. The van der Waals surface area contributed by atoms with Gasteiger partial charge in [0.05, 0.1) is 10.6 Å². The van der Waals surface area contributed by atoms with Crippen molar-refractivity contribution < 1.29 is 19.4 Å². The second-order valence-electron chi connectivity index (χ2n) is 5.51. The number of nitrogens with zero attached hydrogens (tertiary/aromatic N) is 1. The van der Waals surface area contributed by atoms with E-state index in [9.17, 15) is 19.4 Å². The minimum atomic E-state index is -0.388. The van der Waals surface area contributed by atoms with Crippen LogP contribution in [0.4, 0.5) is 4.39 Å². The van der Waals surface area contributed by atoms with Crippen molar-refractivity contribution in [2.75, 3.05) is 0 Å². The number of hydrogen-bond donors (Lipinski definition) is 3. The third-order valence-corrected chi connectivity index (χ3v) is 4.79. The van der Waals surface area contributed by atoms with Gasteiger partial charge in [0, 0.05) is 16.5 Å². The third-order valence-electron chi connectivity index (χ3n) is 3.65. The molecule has 132 valence electrons. The zero-order chi connectivity index (χ0) is 18.7. The van der Waals surface area contributed by atoms with Gasteiger partial charge in [-0.2, -0.15) is 5.10 Å². The molecule has 0 radical (unpaired) electrons. The zero-order valence-electron chi connectivity index (χ0n) is 13.7. The van der Waals surface area contributed by atoms with Gasteiger partial charge in [-0.25, -0.2) is 9.82 Å². The summed E-state index contributed by atoms with van der Waals surface area (Å²) in [6, 6.07) is 13.6. The number of phenolic OH excluding ortho intramolecular Hbond substituents is 2. The van der Waals surface area contributed by atoms with Crippen molar-refractivity contribution in [1.29, 1.82) is 0 Å². The molecule has 2 aromatic carbocycles. The van der Waals surface area contributed by atoms with E-state index in [0.29, 0.717) is 16.2 Å². The molecule has 0 aliphatic carbocycles. The van der Waals surface area contributed by atoms with Gasteiger partial charge < -0.3 is 10.2 Å². The highest BCUT2D eigenvalue weighted by Crippen LogP contribution is 2.28. The third kappa shape index (κ3) is 3.89. The molecule has 5 nitrogen and oxygen atoms in total. The second kappa shape index (κ2) is 7.37. The van der Waals surface area contributed by atoms with Crippen LogP contribution in [0.25, 0.3) is 10.4 Å². The fraction of sp³-hybridized carbons (Fsp3) is 0.0526. The molecule has 0 aliphatic heterocycles. The lowest BCUT2D eigenvalue weighted by Gasteiger charge is -2.05. The molecular formula is C19H15FN2O3S. The Labute approximate surface area is 153 Å². The molecule has 0 fully saturated rings. The second-order valence-corrected chi connectivity index (χ2v) is 6.59. The predicted molar refractivity (Wildman–Crippen MR) is 99.2 cm³/mol. The van der Waals surface area contributed by atoms with Gasteiger partial charge in [0.25, 0.3) is 5.91 Å². The van der Waals surface area contributed by atoms with Crippen LogP contribution in [0, 0.1) is 5.82 Å². The van der Waals surface area contributed by atoms with Gasteiger partial charge >= 0.3 is 0 Å². The van der Waals surface area contributed by atoms with Crippen molar-refractivity contribution in [3.63, 3.8) is 0 Å². The number of hydrogen-bond acceptors (Lipinski definition) is 5. The van der Waals surface area contributed by atoms with Crippen molar-refractivity contribution >= 4 is 23.0 Å². The van der Waals surface area contributed by atoms with Gasteiger partial charge in [-0.05, 0) is 48.9 Å². The first-order valence-corrected chi connectivity index (χ1v) is 8.48. The number of rotatable bonds is 4. The van der Waals surface area contributed by atoms with E-state index < -0.39 is 0 Å². The number of amides is 1. The topological polar surface area (TPSA) is 81.9 Å². The number of halogens is 1. The fourth-order valence-corrected chi connectivity index (χ4v) is 3.21. The van der Waals surface area contributed by atoms with Crippen LogP contribution in [-0.4, -0.2) is 21.8 Å². The van der Waals surface area contributed by atoms with E-state index in [-0.39, 0.29) is 23.2 Å². The molecule has 0 aliphatic rings. The number of hydrazone groups is 1. The lowest BCUT2D eigenvalue weighted by atomic mass is 10.1. The number of aromatic hydroxyl groups is 2. The van der Waals surface area contributed by atoms with Crippen LogP contribution in [0.3, 0.4) is 0 Å². The maximum absolute atomic E-state index is 13.0. The molecule has 0 spiro atoms. The van der Waals surface area contributed by atoms with E-state index in [4.69, 9.17) is 0 Å². The van der Waals surface area contributed by atoms with Gasteiger partial charge in [-0.15, -0.1) is 11.3 Å². The van der Waals surface area contributed by atoms with Gasteiger partial charge in [-0.3, -0.25) is 4.79 Å². The summed E-state index contributed by atoms with van der Waals surface area (Å²) in [5, 5.41) is 23.1. The molecule has 0 atom stereocenters. The molecule has 0 saturated carbocycles. The number of thiophene rings is 1. The van der Waals surface area contributed by atoms with Crippen LogP contribution >= 0.6 is 11.3 Å². The van der Waals surface area contributed by atoms with Crippen LogP contribution in [-0.2, 0) is 0 Å². The molecule has 26 heavy (non-hydrogen) atoms. The number of carbonyl (C=O) groups is 1. The first-order valence-electron chi connectivity index (χ1n) is 7.67. The molecule has 1 aromatic heterocycles. The summed E-state index contributed by atoms with van der Waals surface area (Å²) in [7, 11) is 0. The summed E-state index contributed by atoms with van der Waals surface area (Å²) in [4.78, 5) is 13.5. The normalized spacial score (nSPS) is 11.4. The molecule has 7 heteroatoms. The highest BCUT2D eigenvalue weighted by molar-refractivity contribution is 7.17. The molecule has 1 amide bonds. The van der Waals surface area contributed by atoms with E-state index in [2.05, 4.69) is 10.5 Å². The highest BCUT2D eigenvalue weighted by atomic mass is 32.1. The number of phenols is 2. The van der Waals surface area contributed by atoms with E-state index in [1.165, 1.54) is 41.7 Å². The van der Waals surface area contributed by atoms with Crippen LogP contribution in [0.15, 0.2) is 59.7 Å². The van der Waals surface area contributed by atoms with Gasteiger partial charge in [0.1, 0.15) is 17.3 Å². The summed E-state index contributed by atoms with van der Waals surface area (Å²) >= 11 is 1.27. The summed E-state index contributed by atoms with van der Waals surface area (Å²) in [5.41, 5.74) is 4.06. The van der Waals surface area contributed by atoms with Crippen molar-refractivity contribution in [2.24, 2.45) is 5.10 Å². The van der Waals surface area contributed by atoms with E-state index >= 15 is 0 Å². The standard InChI is InChI=1S/C19H15FN2O3S/c1-11(15-7-6-14(23)10-16(15)24)21-22-19(25)18-9-8-17(26-18)12-2-4-13(20)5-3-12/h2-10,23-24H,1H3,(H,22,25)/b21-11+. The SMILES string of the molecule is C/C(=N\NC(=O)c1ccc(-c2ccc(F)cc2)s1)c1ccc(O)cc1O. The van der Waals surface area contributed by atoms with Gasteiger partial charge in [0.15, 0.2) is 0 Å². The monoisotopic (exact) mass is 370 g/mol. The molecule has 0 unspecified atom stereocenters. The van der Waals surface area contributed by atoms with Gasteiger partial charge in [-0.1, -0.05) is 12.1 Å². The lowest BCUT2D eigenvalue weighted by Crippen LogP contribution is -2.18. The average Bonchev–Trinajstić information content (AvgIpc) is 3.10. The number of benzene rings is 2. The summed E-state index contributed by atoms with van der Waals surface area (Å²) in [5.74, 6) is -0.892. The first kappa shape index (κ1) is 17.6. The molecular weight excluding hydrogens is 355 g/mol. The molecule has 0 saturated heterocycles. The van der Waals surface area contributed by atoms with Crippen LogP contribution in [0.1, 0.15) is 22.2 Å². The zero-order valence-corrected chi connectivity index (χ0v) is 14.5. The van der Waals surface area contributed by atoms with Gasteiger partial charge in [0.2, 0.25) is 0 Å². The number of carbonyl (C=O) groups excluding carboxylic acids is 1. The quantitative estimate of drug-likeness (QED) is 0.477.